The molecule has 19 heavy (non-hydrogen) atoms. The molecule has 10 heteroatoms. The summed E-state index contributed by atoms with van der Waals surface area (Å²) in [6, 6.07) is 1.12. The van der Waals surface area contributed by atoms with Crippen LogP contribution in [0, 0.1) is 11.6 Å². The molecule has 0 fully saturated rings. The maximum absolute atomic E-state index is 13.3. The number of alkyl halides is 3. The van der Waals surface area contributed by atoms with Gasteiger partial charge in [-0.25, -0.2) is 8.78 Å². The molecule has 0 aromatic heterocycles. The molecule has 0 saturated carbocycles. The molecule has 0 amide bonds. The summed E-state index contributed by atoms with van der Waals surface area (Å²) in [5.74, 6) is -3.88. The molecule has 0 radical (unpaired) electrons. The van der Waals surface area contributed by atoms with Crippen LogP contribution in [0.25, 0.3) is 0 Å². The fourth-order valence-electron chi connectivity index (χ4n) is 1.05. The van der Waals surface area contributed by atoms with Gasteiger partial charge in [-0.15, -0.1) is 13.2 Å². The molecule has 0 bridgehead atoms. The summed E-state index contributed by atoms with van der Waals surface area (Å²) >= 11 is 4.36. The normalized spacial score (nSPS) is 11.6. The Labute approximate surface area is 109 Å². The minimum absolute atomic E-state index is 0.300. The Balaban J connectivity index is 3.16. The molecule has 1 aromatic carbocycles. The molecule has 0 atom stereocenters. The summed E-state index contributed by atoms with van der Waals surface area (Å²) in [7, 11) is 0. The Morgan fingerprint density at radius 1 is 1.32 bits per heavy atom. The van der Waals surface area contributed by atoms with E-state index in [0.717, 1.165) is 0 Å². The van der Waals surface area contributed by atoms with Gasteiger partial charge in [-0.1, -0.05) is 0 Å². The van der Waals surface area contributed by atoms with Crippen LogP contribution < -0.4 is 15.9 Å². The van der Waals surface area contributed by atoms with E-state index in [4.69, 9.17) is 5.73 Å². The first-order chi connectivity index (χ1) is 8.70. The summed E-state index contributed by atoms with van der Waals surface area (Å²) in [6.07, 6.45) is -4.60. The zero-order valence-electron chi connectivity index (χ0n) is 8.96. The standard InChI is InChI=1S/C9H6F5N3OS/c10-5-1-2-6(11)7(18-9(12,13)14)4(5)3-16-17-8(15)19/h1-3H,(H3,15,17,19). The molecule has 3 N–H and O–H groups in total. The van der Waals surface area contributed by atoms with Gasteiger partial charge in [0.1, 0.15) is 5.82 Å². The topological polar surface area (TPSA) is 59.6 Å². The lowest BCUT2D eigenvalue weighted by molar-refractivity contribution is -0.275. The maximum Gasteiger partial charge on any atom is 0.573 e. The molecule has 1 aromatic rings. The van der Waals surface area contributed by atoms with Crippen LogP contribution in [0.15, 0.2) is 17.2 Å². The highest BCUT2D eigenvalue weighted by atomic mass is 32.1. The van der Waals surface area contributed by atoms with Gasteiger partial charge in [-0.3, -0.25) is 5.43 Å². The lowest BCUT2D eigenvalue weighted by Gasteiger charge is -2.12. The number of ether oxygens (including phenoxy) is 1. The fraction of sp³-hybridized carbons (Fsp3) is 0.111. The summed E-state index contributed by atoms with van der Waals surface area (Å²) < 4.78 is 66.2. The third-order valence-electron chi connectivity index (χ3n) is 1.68. The Bertz CT molecular complexity index is 517. The van der Waals surface area contributed by atoms with Gasteiger partial charge in [-0.05, 0) is 24.4 Å². The molecule has 0 aliphatic heterocycles. The summed E-state index contributed by atoms with van der Waals surface area (Å²) in [4.78, 5) is 0. The van der Waals surface area contributed by atoms with E-state index in [1.807, 2.05) is 5.43 Å². The third kappa shape index (κ3) is 4.66. The molecule has 0 spiro atoms. The van der Waals surface area contributed by atoms with E-state index in [1.54, 1.807) is 0 Å². The van der Waals surface area contributed by atoms with Crippen molar-refractivity contribution in [2.75, 3.05) is 0 Å². The van der Waals surface area contributed by atoms with E-state index in [2.05, 4.69) is 22.1 Å². The van der Waals surface area contributed by atoms with Crippen LogP contribution in [-0.2, 0) is 0 Å². The van der Waals surface area contributed by atoms with Gasteiger partial charge in [0.15, 0.2) is 16.7 Å². The SMILES string of the molecule is NC(=S)NN=Cc1c(F)ccc(F)c1OC(F)(F)F. The highest BCUT2D eigenvalue weighted by Gasteiger charge is 2.34. The molecule has 4 nitrogen and oxygen atoms in total. The fourth-order valence-corrected chi connectivity index (χ4v) is 1.10. The Kier molecular flexibility index (Phi) is 4.59. The van der Waals surface area contributed by atoms with E-state index < -0.39 is 29.3 Å². The highest BCUT2D eigenvalue weighted by Crippen LogP contribution is 2.29. The van der Waals surface area contributed by atoms with Gasteiger partial charge >= 0.3 is 6.36 Å². The third-order valence-corrected chi connectivity index (χ3v) is 1.77. The zero-order valence-corrected chi connectivity index (χ0v) is 9.78. The average molecular weight is 299 g/mol. The Hall–Kier alpha value is -1.97. The van der Waals surface area contributed by atoms with E-state index in [9.17, 15) is 22.0 Å². The number of rotatable bonds is 3. The van der Waals surface area contributed by atoms with Crippen LogP contribution in [-0.4, -0.2) is 17.7 Å². The number of nitrogens with one attached hydrogen (secondary N) is 1. The summed E-state index contributed by atoms with van der Waals surface area (Å²) in [6.45, 7) is 0. The van der Waals surface area contributed by atoms with Crippen LogP contribution in [0.1, 0.15) is 5.56 Å². The molecule has 0 unspecified atom stereocenters. The minimum atomic E-state index is -5.17. The molecule has 0 heterocycles. The number of benzene rings is 1. The number of hydrogen-bond acceptors (Lipinski definition) is 3. The second-order valence-electron chi connectivity index (χ2n) is 3.05. The van der Waals surface area contributed by atoms with Gasteiger partial charge in [-0.2, -0.15) is 5.10 Å². The van der Waals surface area contributed by atoms with Crippen molar-refractivity contribution >= 4 is 23.5 Å². The molecular formula is C9H6F5N3OS. The van der Waals surface area contributed by atoms with E-state index >= 15 is 0 Å². The number of hydrazone groups is 1. The number of nitrogens with zero attached hydrogens (tertiary/aromatic N) is 1. The summed E-state index contributed by atoms with van der Waals surface area (Å²) in [5, 5.41) is 2.94. The summed E-state index contributed by atoms with van der Waals surface area (Å²) in [5.41, 5.74) is 6.14. The van der Waals surface area contributed by atoms with Crippen molar-refractivity contribution in [2.24, 2.45) is 10.8 Å². The molecule has 0 aliphatic rings. The number of hydrogen-bond donors (Lipinski definition) is 2. The van der Waals surface area contributed by atoms with Crippen molar-refractivity contribution in [3.05, 3.63) is 29.3 Å². The largest absolute Gasteiger partial charge is 0.573 e. The first-order valence-corrected chi connectivity index (χ1v) is 4.94. The predicted octanol–water partition coefficient (Wildman–Crippen LogP) is 2.03. The van der Waals surface area contributed by atoms with Gasteiger partial charge in [0.2, 0.25) is 0 Å². The Morgan fingerprint density at radius 2 is 1.89 bits per heavy atom. The minimum Gasteiger partial charge on any atom is -0.402 e. The maximum atomic E-state index is 13.3. The van der Waals surface area contributed by atoms with Crippen molar-refractivity contribution in [3.63, 3.8) is 0 Å². The van der Waals surface area contributed by atoms with Crippen molar-refractivity contribution in [1.29, 1.82) is 0 Å². The lowest BCUT2D eigenvalue weighted by Crippen LogP contribution is -2.24. The average Bonchev–Trinajstić information content (AvgIpc) is 2.25. The smallest absolute Gasteiger partial charge is 0.402 e. The number of halogens is 5. The van der Waals surface area contributed by atoms with Crippen molar-refractivity contribution in [1.82, 2.24) is 5.43 Å². The van der Waals surface area contributed by atoms with E-state index in [0.29, 0.717) is 18.3 Å². The lowest BCUT2D eigenvalue weighted by atomic mass is 10.2. The van der Waals surface area contributed by atoms with E-state index in [1.165, 1.54) is 0 Å². The van der Waals surface area contributed by atoms with Crippen molar-refractivity contribution in [3.8, 4) is 5.75 Å². The van der Waals surface area contributed by atoms with Crippen LogP contribution in [0.5, 0.6) is 5.75 Å². The van der Waals surface area contributed by atoms with Crippen LogP contribution in [0.4, 0.5) is 22.0 Å². The van der Waals surface area contributed by atoms with Crippen LogP contribution in [0.3, 0.4) is 0 Å². The van der Waals surface area contributed by atoms with Crippen molar-refractivity contribution < 1.29 is 26.7 Å². The Morgan fingerprint density at radius 3 is 2.42 bits per heavy atom. The van der Waals surface area contributed by atoms with E-state index in [-0.39, 0.29) is 5.11 Å². The second kappa shape index (κ2) is 5.78. The number of nitrogens with two attached hydrogens (primary N) is 1. The van der Waals surface area contributed by atoms with Crippen LogP contribution >= 0.6 is 12.2 Å². The first kappa shape index (κ1) is 15.1. The zero-order chi connectivity index (χ0) is 14.6. The molecule has 0 saturated heterocycles. The quantitative estimate of drug-likeness (QED) is 0.388. The second-order valence-corrected chi connectivity index (χ2v) is 3.49. The van der Waals surface area contributed by atoms with Crippen LogP contribution in [0.2, 0.25) is 0 Å². The molecule has 104 valence electrons. The van der Waals surface area contributed by atoms with Gasteiger partial charge in [0.05, 0.1) is 11.8 Å². The highest BCUT2D eigenvalue weighted by molar-refractivity contribution is 7.80. The monoisotopic (exact) mass is 299 g/mol. The van der Waals surface area contributed by atoms with Gasteiger partial charge < -0.3 is 10.5 Å². The molecular weight excluding hydrogens is 293 g/mol. The molecule has 0 aliphatic carbocycles. The molecule has 1 rings (SSSR count). The predicted molar refractivity (Wildman–Crippen MR) is 60.6 cm³/mol. The van der Waals surface area contributed by atoms with Crippen molar-refractivity contribution in [2.45, 2.75) is 6.36 Å². The first-order valence-electron chi connectivity index (χ1n) is 4.53. The number of thiocarbonyl (C=S) groups is 1. The van der Waals surface area contributed by atoms with Gasteiger partial charge in [0.25, 0.3) is 0 Å². The van der Waals surface area contributed by atoms with Gasteiger partial charge in [0, 0.05) is 0 Å².